The average molecular weight is 243 g/mol. The predicted molar refractivity (Wildman–Crippen MR) is 61.2 cm³/mol. The molecule has 0 bridgehead atoms. The smallest absolute Gasteiger partial charge is 0.268 e. The lowest BCUT2D eigenvalue weighted by molar-refractivity contribution is 0.422. The van der Waals surface area contributed by atoms with Crippen molar-refractivity contribution in [3.05, 3.63) is 22.8 Å². The first kappa shape index (κ1) is 10.6. The van der Waals surface area contributed by atoms with Crippen molar-refractivity contribution in [2.75, 3.05) is 0 Å². The summed E-state index contributed by atoms with van der Waals surface area (Å²) in [5, 5.41) is 5.72. The molecule has 2 heterocycles. The summed E-state index contributed by atoms with van der Waals surface area (Å²) in [5.74, 6) is 1.14. The minimum Gasteiger partial charge on any atom is -0.333 e. The van der Waals surface area contributed by atoms with Crippen molar-refractivity contribution in [1.29, 1.82) is 0 Å². The standard InChI is InChI=1S/C10H11ClN2OS/c1-3-7(11)9-12-10(14-13-9)8-6(2)4-5-15-8/h4-5,7H,3H2,1-2H3. The second-order valence-electron chi connectivity index (χ2n) is 3.27. The molecule has 0 fully saturated rings. The molecule has 5 heteroatoms. The van der Waals surface area contributed by atoms with Gasteiger partial charge in [-0.2, -0.15) is 4.98 Å². The van der Waals surface area contributed by atoms with Crippen LogP contribution in [0.4, 0.5) is 0 Å². The zero-order valence-corrected chi connectivity index (χ0v) is 10.1. The fourth-order valence-corrected chi connectivity index (χ4v) is 2.16. The van der Waals surface area contributed by atoms with Crippen LogP contribution in [0.25, 0.3) is 10.8 Å². The van der Waals surface area contributed by atoms with Crippen LogP contribution in [0, 0.1) is 6.92 Å². The first-order valence-corrected chi connectivity index (χ1v) is 6.06. The Morgan fingerprint density at radius 1 is 1.60 bits per heavy atom. The van der Waals surface area contributed by atoms with Crippen LogP contribution >= 0.6 is 22.9 Å². The van der Waals surface area contributed by atoms with E-state index in [4.69, 9.17) is 16.1 Å². The molecular weight excluding hydrogens is 232 g/mol. The first-order valence-electron chi connectivity index (χ1n) is 4.74. The van der Waals surface area contributed by atoms with E-state index >= 15 is 0 Å². The molecule has 1 unspecified atom stereocenters. The predicted octanol–water partition coefficient (Wildman–Crippen LogP) is 3.80. The Morgan fingerprint density at radius 2 is 2.40 bits per heavy atom. The van der Waals surface area contributed by atoms with Gasteiger partial charge in [-0.25, -0.2) is 0 Å². The van der Waals surface area contributed by atoms with E-state index in [2.05, 4.69) is 10.1 Å². The molecule has 80 valence electrons. The highest BCUT2D eigenvalue weighted by Gasteiger charge is 2.16. The summed E-state index contributed by atoms with van der Waals surface area (Å²) in [6, 6.07) is 2.03. The number of nitrogens with zero attached hydrogens (tertiary/aromatic N) is 2. The highest BCUT2D eigenvalue weighted by molar-refractivity contribution is 7.13. The molecule has 2 rings (SSSR count). The third kappa shape index (κ3) is 2.06. The van der Waals surface area contributed by atoms with Gasteiger partial charge in [-0.15, -0.1) is 22.9 Å². The van der Waals surface area contributed by atoms with E-state index in [1.54, 1.807) is 11.3 Å². The first-order chi connectivity index (χ1) is 7.22. The second kappa shape index (κ2) is 4.33. The molecule has 0 amide bonds. The summed E-state index contributed by atoms with van der Waals surface area (Å²) < 4.78 is 5.18. The van der Waals surface area contributed by atoms with Crippen LogP contribution in [0.3, 0.4) is 0 Å². The fraction of sp³-hybridized carbons (Fsp3) is 0.400. The molecule has 0 radical (unpaired) electrons. The normalized spacial score (nSPS) is 13.0. The van der Waals surface area contributed by atoms with Gasteiger partial charge >= 0.3 is 0 Å². The Hall–Kier alpha value is -0.870. The van der Waals surface area contributed by atoms with Crippen LogP contribution in [0.5, 0.6) is 0 Å². The highest BCUT2D eigenvalue weighted by atomic mass is 35.5. The average Bonchev–Trinajstić information content (AvgIpc) is 2.84. The molecule has 15 heavy (non-hydrogen) atoms. The molecule has 0 N–H and O–H groups in total. The molecule has 0 saturated heterocycles. The Kier molecular flexibility index (Phi) is 3.07. The van der Waals surface area contributed by atoms with Crippen molar-refractivity contribution < 1.29 is 4.52 Å². The number of halogens is 1. The Balaban J connectivity index is 2.32. The van der Waals surface area contributed by atoms with Gasteiger partial charge < -0.3 is 4.52 Å². The zero-order chi connectivity index (χ0) is 10.8. The van der Waals surface area contributed by atoms with Gasteiger partial charge in [-0.3, -0.25) is 0 Å². The number of hydrogen-bond donors (Lipinski definition) is 0. The van der Waals surface area contributed by atoms with E-state index in [0.29, 0.717) is 11.7 Å². The summed E-state index contributed by atoms with van der Waals surface area (Å²) in [5.41, 5.74) is 1.15. The van der Waals surface area contributed by atoms with E-state index in [1.807, 2.05) is 25.3 Å². The largest absolute Gasteiger partial charge is 0.333 e. The Bertz CT molecular complexity index is 452. The summed E-state index contributed by atoms with van der Waals surface area (Å²) in [6.07, 6.45) is 0.796. The summed E-state index contributed by atoms with van der Waals surface area (Å²) in [7, 11) is 0. The maximum absolute atomic E-state index is 6.02. The van der Waals surface area contributed by atoms with Gasteiger partial charge in [0.25, 0.3) is 5.89 Å². The summed E-state index contributed by atoms with van der Waals surface area (Å²) >= 11 is 7.62. The third-order valence-corrected chi connectivity index (χ3v) is 3.64. The maximum Gasteiger partial charge on any atom is 0.268 e. The molecule has 0 aromatic carbocycles. The van der Waals surface area contributed by atoms with Crippen molar-refractivity contribution in [2.45, 2.75) is 25.6 Å². The molecular formula is C10H11ClN2OS. The van der Waals surface area contributed by atoms with Crippen LogP contribution in [0.1, 0.15) is 30.1 Å². The number of thiophene rings is 1. The molecule has 0 aliphatic carbocycles. The van der Waals surface area contributed by atoms with Crippen molar-refractivity contribution in [2.24, 2.45) is 0 Å². The van der Waals surface area contributed by atoms with Gasteiger partial charge in [-0.1, -0.05) is 12.1 Å². The summed E-state index contributed by atoms with van der Waals surface area (Å²) in [4.78, 5) is 5.31. The molecule has 0 saturated carbocycles. The van der Waals surface area contributed by atoms with E-state index in [0.717, 1.165) is 16.9 Å². The van der Waals surface area contributed by atoms with Crippen LogP contribution in [0.2, 0.25) is 0 Å². The van der Waals surface area contributed by atoms with E-state index in [9.17, 15) is 0 Å². The molecule has 0 aliphatic rings. The van der Waals surface area contributed by atoms with E-state index < -0.39 is 0 Å². The van der Waals surface area contributed by atoms with Crippen molar-refractivity contribution >= 4 is 22.9 Å². The lowest BCUT2D eigenvalue weighted by Gasteiger charge is -1.96. The van der Waals surface area contributed by atoms with Crippen LogP contribution < -0.4 is 0 Å². The molecule has 0 spiro atoms. The molecule has 2 aromatic heterocycles. The number of aromatic nitrogens is 2. The number of alkyl halides is 1. The van der Waals surface area contributed by atoms with Gasteiger partial charge in [0.15, 0.2) is 5.82 Å². The minimum atomic E-state index is -0.164. The Morgan fingerprint density at radius 3 is 3.00 bits per heavy atom. The molecule has 2 aromatic rings. The molecule has 0 aliphatic heterocycles. The minimum absolute atomic E-state index is 0.164. The third-order valence-electron chi connectivity index (χ3n) is 2.14. The monoisotopic (exact) mass is 242 g/mol. The van der Waals surface area contributed by atoms with Crippen LogP contribution in [-0.2, 0) is 0 Å². The van der Waals surface area contributed by atoms with Crippen LogP contribution in [-0.4, -0.2) is 10.1 Å². The van der Waals surface area contributed by atoms with E-state index in [1.165, 1.54) is 0 Å². The van der Waals surface area contributed by atoms with E-state index in [-0.39, 0.29) is 5.38 Å². The fourth-order valence-electron chi connectivity index (χ4n) is 1.23. The lowest BCUT2D eigenvalue weighted by atomic mass is 10.3. The van der Waals surface area contributed by atoms with Crippen LogP contribution in [0.15, 0.2) is 16.0 Å². The van der Waals surface area contributed by atoms with Crippen molar-refractivity contribution in [3.8, 4) is 10.8 Å². The number of rotatable bonds is 3. The van der Waals surface area contributed by atoms with Crippen molar-refractivity contribution in [3.63, 3.8) is 0 Å². The SMILES string of the molecule is CCC(Cl)c1noc(-c2sccc2C)n1. The van der Waals surface area contributed by atoms with Gasteiger partial charge in [0.2, 0.25) is 0 Å². The van der Waals surface area contributed by atoms with Gasteiger partial charge in [0.1, 0.15) is 0 Å². The highest BCUT2D eigenvalue weighted by Crippen LogP contribution is 2.29. The number of aryl methyl sites for hydroxylation is 1. The maximum atomic E-state index is 6.02. The Labute approximate surface area is 97.1 Å². The van der Waals surface area contributed by atoms with Crippen molar-refractivity contribution in [1.82, 2.24) is 10.1 Å². The molecule has 1 atom stereocenters. The van der Waals surface area contributed by atoms with Gasteiger partial charge in [0.05, 0.1) is 10.3 Å². The number of hydrogen-bond acceptors (Lipinski definition) is 4. The second-order valence-corrected chi connectivity index (χ2v) is 4.71. The zero-order valence-electron chi connectivity index (χ0n) is 8.53. The quantitative estimate of drug-likeness (QED) is 0.769. The topological polar surface area (TPSA) is 38.9 Å². The van der Waals surface area contributed by atoms with Gasteiger partial charge in [-0.05, 0) is 30.4 Å². The lowest BCUT2D eigenvalue weighted by Crippen LogP contribution is -1.90. The molecule has 3 nitrogen and oxygen atoms in total. The van der Waals surface area contributed by atoms with Gasteiger partial charge in [0, 0.05) is 0 Å². The summed E-state index contributed by atoms with van der Waals surface area (Å²) in [6.45, 7) is 4.01.